The van der Waals surface area contributed by atoms with Gasteiger partial charge in [0.2, 0.25) is 0 Å². The Kier molecular flexibility index (Phi) is 14.1. The highest BCUT2D eigenvalue weighted by molar-refractivity contribution is 7.72. The van der Waals surface area contributed by atoms with Gasteiger partial charge in [0.25, 0.3) is 22.1 Å². The highest BCUT2D eigenvalue weighted by Gasteiger charge is 2.50. The summed E-state index contributed by atoms with van der Waals surface area (Å²) in [4.78, 5) is 0. The van der Waals surface area contributed by atoms with Gasteiger partial charge in [0.15, 0.2) is 0 Å². The van der Waals surface area contributed by atoms with Crippen molar-refractivity contribution in [3.63, 3.8) is 0 Å². The van der Waals surface area contributed by atoms with Crippen LogP contribution in [0.3, 0.4) is 0 Å². The number of benzene rings is 3. The molecule has 0 amide bonds. The Morgan fingerprint density at radius 1 is 0.533 bits per heavy atom. The highest BCUT2D eigenvalue weighted by atomic mass is 31.2. The van der Waals surface area contributed by atoms with Crippen LogP contribution in [0.2, 0.25) is 0 Å². The van der Waals surface area contributed by atoms with Gasteiger partial charge in [0.1, 0.15) is 17.5 Å². The summed E-state index contributed by atoms with van der Waals surface area (Å²) < 4.78 is 65.1. The largest absolute Gasteiger partial charge is 0.383 e. The van der Waals surface area contributed by atoms with Gasteiger partial charge >= 0.3 is 0 Å². The molecule has 1 N–H and O–H groups in total. The fourth-order valence-corrected chi connectivity index (χ4v) is 14.1. The van der Waals surface area contributed by atoms with Gasteiger partial charge in [-0.05, 0) is 80.3 Å². The zero-order chi connectivity index (χ0) is 33.3. The SMILES string of the molecule is CCO[P@](=O)(c1ccccc1)[C@H](CC(C)C)O[P@@](=O)(c1ccccc1)[C@@H](CC(C)C)O[P@](=O)(c1ccccc1)[C@@H](O)CC(C)C. The highest BCUT2D eigenvalue weighted by Crippen LogP contribution is 2.66. The van der Waals surface area contributed by atoms with Gasteiger partial charge in [0.05, 0.1) is 6.61 Å². The van der Waals surface area contributed by atoms with Gasteiger partial charge in [0, 0.05) is 15.9 Å². The van der Waals surface area contributed by atoms with Gasteiger partial charge in [-0.3, -0.25) is 13.7 Å². The molecular formula is C35H51O7P3. The van der Waals surface area contributed by atoms with E-state index >= 15 is 4.57 Å². The lowest BCUT2D eigenvalue weighted by atomic mass is 10.1. The summed E-state index contributed by atoms with van der Waals surface area (Å²) in [5, 5.41) is 12.7. The molecule has 3 aromatic carbocycles. The molecule has 0 aliphatic rings. The first-order valence-electron chi connectivity index (χ1n) is 15.9. The first-order valence-corrected chi connectivity index (χ1v) is 21.0. The standard InChI is InChI=1S/C35H51O7P3/c1-8-40-44(38,31-20-14-10-15-21-31)34(25-28(4)5)42-45(39,32-22-16-11-17-23-32)35(26-29(6)7)41-43(37,33(36)24-27(2)3)30-18-12-9-13-19-30/h9-23,27-29,33-36H,8,24-26H2,1-7H3/t33-,34-,35+,43-,44-,45+/m1/s1. The van der Waals surface area contributed by atoms with Crippen molar-refractivity contribution in [1.82, 2.24) is 0 Å². The van der Waals surface area contributed by atoms with Crippen LogP contribution >= 0.6 is 22.1 Å². The molecule has 0 aliphatic carbocycles. The van der Waals surface area contributed by atoms with Crippen molar-refractivity contribution >= 4 is 38.0 Å². The van der Waals surface area contributed by atoms with E-state index in [4.69, 9.17) is 13.6 Å². The summed E-state index contributed by atoms with van der Waals surface area (Å²) in [6.07, 6.45) is 0.736. The molecule has 0 saturated heterocycles. The molecule has 0 unspecified atom stereocenters. The number of aliphatic hydroxyl groups excluding tert-OH is 1. The molecule has 3 rings (SSSR count). The quantitative estimate of drug-likeness (QED) is 0.134. The molecule has 0 fully saturated rings. The molecule has 0 aromatic heterocycles. The molecule has 0 aliphatic heterocycles. The van der Waals surface area contributed by atoms with Gasteiger partial charge in [-0.1, -0.05) is 96.1 Å². The third kappa shape index (κ3) is 9.61. The van der Waals surface area contributed by atoms with E-state index in [1.807, 2.05) is 53.7 Å². The fraction of sp³-hybridized carbons (Fsp3) is 0.486. The van der Waals surface area contributed by atoms with E-state index in [0.717, 1.165) is 0 Å². The zero-order valence-electron chi connectivity index (χ0n) is 27.7. The van der Waals surface area contributed by atoms with Crippen LogP contribution in [0.1, 0.15) is 67.7 Å². The van der Waals surface area contributed by atoms with Gasteiger partial charge in [-0.2, -0.15) is 0 Å². The molecule has 0 saturated carbocycles. The molecule has 0 radical (unpaired) electrons. The van der Waals surface area contributed by atoms with E-state index in [9.17, 15) is 14.2 Å². The van der Waals surface area contributed by atoms with Gasteiger partial charge < -0.3 is 18.7 Å². The topological polar surface area (TPSA) is 99.1 Å². The monoisotopic (exact) mass is 676 g/mol. The number of hydrogen-bond acceptors (Lipinski definition) is 7. The second-order valence-electron chi connectivity index (χ2n) is 12.7. The van der Waals surface area contributed by atoms with E-state index in [0.29, 0.717) is 22.3 Å². The number of aliphatic hydroxyl groups is 1. The van der Waals surface area contributed by atoms with Crippen LogP contribution in [0.4, 0.5) is 0 Å². The Hall–Kier alpha value is -1.81. The summed E-state index contributed by atoms with van der Waals surface area (Å²) in [6, 6.07) is 26.3. The first kappa shape index (κ1) is 37.6. The maximum atomic E-state index is 15.8. The summed E-state index contributed by atoms with van der Waals surface area (Å²) in [5.74, 6) is -3.62. The molecule has 7 nitrogen and oxygen atoms in total. The molecule has 3 aromatic rings. The lowest BCUT2D eigenvalue weighted by molar-refractivity contribution is 0.156. The van der Waals surface area contributed by atoms with Crippen LogP contribution in [0.15, 0.2) is 91.0 Å². The molecule has 0 bridgehead atoms. The lowest BCUT2D eigenvalue weighted by Crippen LogP contribution is -2.32. The third-order valence-corrected chi connectivity index (χ3v) is 15.7. The smallest absolute Gasteiger partial charge is 0.261 e. The van der Waals surface area contributed by atoms with Gasteiger partial charge in [-0.25, -0.2) is 0 Å². The first-order chi connectivity index (χ1) is 21.3. The molecule has 0 heterocycles. The molecule has 6 atom stereocenters. The Bertz CT molecular complexity index is 1450. The Balaban J connectivity index is 2.27. The lowest BCUT2D eigenvalue weighted by Gasteiger charge is -2.37. The summed E-state index contributed by atoms with van der Waals surface area (Å²) in [5.41, 5.74) is 0. The second-order valence-corrected chi connectivity index (χ2v) is 20.3. The molecule has 45 heavy (non-hydrogen) atoms. The predicted octanol–water partition coefficient (Wildman–Crippen LogP) is 8.98. The van der Waals surface area contributed by atoms with Crippen molar-refractivity contribution in [3.8, 4) is 0 Å². The predicted molar refractivity (Wildman–Crippen MR) is 187 cm³/mol. The van der Waals surface area contributed by atoms with Crippen molar-refractivity contribution in [2.75, 3.05) is 6.61 Å². The molecule has 248 valence electrons. The van der Waals surface area contributed by atoms with Crippen LogP contribution in [0, 0.1) is 17.8 Å². The average Bonchev–Trinajstić information content (AvgIpc) is 3.01. The number of hydrogen-bond donors (Lipinski definition) is 1. The minimum Gasteiger partial charge on any atom is -0.383 e. The van der Waals surface area contributed by atoms with Crippen LogP contribution in [-0.2, 0) is 27.3 Å². The van der Waals surface area contributed by atoms with Crippen molar-refractivity contribution < 1.29 is 32.4 Å². The minimum atomic E-state index is -4.14. The maximum absolute atomic E-state index is 15.8. The minimum absolute atomic E-state index is 0.0180. The Morgan fingerprint density at radius 3 is 1.24 bits per heavy atom. The van der Waals surface area contributed by atoms with E-state index in [1.54, 1.807) is 85.8 Å². The van der Waals surface area contributed by atoms with Crippen molar-refractivity contribution in [2.45, 2.75) is 85.3 Å². The van der Waals surface area contributed by atoms with Crippen LogP contribution < -0.4 is 15.9 Å². The van der Waals surface area contributed by atoms with E-state index in [2.05, 4.69) is 0 Å². The fourth-order valence-electron chi connectivity index (χ4n) is 5.24. The third-order valence-electron chi connectivity index (χ3n) is 7.40. The van der Waals surface area contributed by atoms with E-state index in [1.165, 1.54) is 0 Å². The summed E-state index contributed by atoms with van der Waals surface area (Å²) in [7, 11) is -11.9. The van der Waals surface area contributed by atoms with Gasteiger partial charge in [-0.15, -0.1) is 0 Å². The van der Waals surface area contributed by atoms with E-state index < -0.39 is 39.6 Å². The van der Waals surface area contributed by atoms with Crippen LogP contribution in [-0.4, -0.2) is 29.2 Å². The summed E-state index contributed by atoms with van der Waals surface area (Å²) >= 11 is 0. The molecule has 0 spiro atoms. The maximum Gasteiger partial charge on any atom is 0.261 e. The molecular weight excluding hydrogens is 625 g/mol. The van der Waals surface area contributed by atoms with Crippen molar-refractivity contribution in [1.29, 1.82) is 0 Å². The second kappa shape index (κ2) is 16.8. The van der Waals surface area contributed by atoms with Crippen LogP contribution in [0.5, 0.6) is 0 Å². The Morgan fingerprint density at radius 2 is 0.867 bits per heavy atom. The summed E-state index contributed by atoms with van der Waals surface area (Å²) in [6.45, 7) is 13.7. The van der Waals surface area contributed by atoms with Crippen molar-refractivity contribution in [2.24, 2.45) is 17.8 Å². The normalized spacial score (nSPS) is 18.2. The van der Waals surface area contributed by atoms with E-state index in [-0.39, 0.29) is 37.2 Å². The van der Waals surface area contributed by atoms with Crippen LogP contribution in [0.25, 0.3) is 0 Å². The molecule has 10 heteroatoms. The zero-order valence-corrected chi connectivity index (χ0v) is 30.4. The average molecular weight is 677 g/mol. The van der Waals surface area contributed by atoms with Crippen molar-refractivity contribution in [3.05, 3.63) is 91.0 Å². The Labute approximate surface area is 270 Å². The number of rotatable bonds is 18.